The molecule has 0 saturated carbocycles. The van der Waals surface area contributed by atoms with E-state index in [1.165, 1.54) is 7.11 Å². The molecule has 0 aliphatic carbocycles. The maximum atomic E-state index is 13.1. The number of aromatic nitrogens is 3. The number of hydrogen-bond acceptors (Lipinski definition) is 6. The van der Waals surface area contributed by atoms with Crippen LogP contribution in [0.3, 0.4) is 0 Å². The van der Waals surface area contributed by atoms with Crippen molar-refractivity contribution in [2.24, 2.45) is 4.99 Å². The van der Waals surface area contributed by atoms with E-state index in [0.717, 1.165) is 22.4 Å². The van der Waals surface area contributed by atoms with Crippen molar-refractivity contribution in [2.75, 3.05) is 12.4 Å². The van der Waals surface area contributed by atoms with E-state index in [-0.39, 0.29) is 5.91 Å². The van der Waals surface area contributed by atoms with Crippen molar-refractivity contribution in [3.05, 3.63) is 107 Å². The predicted molar refractivity (Wildman–Crippen MR) is 127 cm³/mol. The molecule has 3 aromatic carbocycles. The summed E-state index contributed by atoms with van der Waals surface area (Å²) in [6.07, 6.45) is 3.45. The van der Waals surface area contributed by atoms with Crippen LogP contribution in [0.15, 0.2) is 90.2 Å². The Morgan fingerprint density at radius 1 is 1.06 bits per heavy atom. The molecule has 8 heteroatoms. The lowest BCUT2D eigenvalue weighted by molar-refractivity contribution is -0.115. The third-order valence-electron chi connectivity index (χ3n) is 5.65. The molecule has 34 heavy (non-hydrogen) atoms. The summed E-state index contributed by atoms with van der Waals surface area (Å²) in [5.74, 6) is -1.26. The zero-order valence-corrected chi connectivity index (χ0v) is 18.4. The second kappa shape index (κ2) is 9.11. The van der Waals surface area contributed by atoms with E-state index >= 15 is 0 Å². The molecule has 5 rings (SSSR count). The Balaban J connectivity index is 1.52. The van der Waals surface area contributed by atoms with E-state index in [4.69, 9.17) is 9.73 Å². The molecule has 0 saturated heterocycles. The number of hydrogen-bond donors (Lipinski definition) is 1. The van der Waals surface area contributed by atoms with Crippen molar-refractivity contribution < 1.29 is 14.3 Å². The number of methoxy groups -OCH3 is 1. The first-order valence-electron chi connectivity index (χ1n) is 10.7. The van der Waals surface area contributed by atoms with Gasteiger partial charge in [0.2, 0.25) is 5.91 Å². The Labute approximate surface area is 195 Å². The number of carbonyl (C=O) groups excluding carboxylic acids is 2. The van der Waals surface area contributed by atoms with Crippen LogP contribution in [0.4, 0.5) is 11.4 Å². The van der Waals surface area contributed by atoms with Crippen LogP contribution in [-0.4, -0.2) is 39.7 Å². The number of anilines is 1. The number of benzene rings is 3. The summed E-state index contributed by atoms with van der Waals surface area (Å²) in [6, 6.07) is 22.5. The van der Waals surface area contributed by atoms with Crippen LogP contribution >= 0.6 is 0 Å². The van der Waals surface area contributed by atoms with E-state index in [1.807, 2.05) is 54.6 Å². The van der Waals surface area contributed by atoms with Gasteiger partial charge in [-0.05, 0) is 41.0 Å². The second-order valence-corrected chi connectivity index (χ2v) is 7.85. The molecule has 2 heterocycles. The Morgan fingerprint density at radius 3 is 2.56 bits per heavy atom. The third kappa shape index (κ3) is 4.21. The predicted octanol–water partition coefficient (Wildman–Crippen LogP) is 3.97. The quantitative estimate of drug-likeness (QED) is 0.353. The lowest BCUT2D eigenvalue weighted by Crippen LogP contribution is -2.21. The monoisotopic (exact) mass is 451 g/mol. The molecule has 1 unspecified atom stereocenters. The molecule has 4 aromatic rings. The minimum atomic E-state index is -0.612. The SMILES string of the molecule is COC(=O)c1ccc2c(c1)NC(=O)C2C(=Nc1ccc(Cn2ccnn2)cc1)c1ccccc1. The van der Waals surface area contributed by atoms with Gasteiger partial charge < -0.3 is 10.1 Å². The maximum Gasteiger partial charge on any atom is 0.337 e. The minimum Gasteiger partial charge on any atom is -0.465 e. The van der Waals surface area contributed by atoms with Crippen LogP contribution in [0, 0.1) is 0 Å². The molecule has 1 amide bonds. The summed E-state index contributed by atoms with van der Waals surface area (Å²) >= 11 is 0. The smallest absolute Gasteiger partial charge is 0.337 e. The van der Waals surface area contributed by atoms with Gasteiger partial charge in [-0.3, -0.25) is 9.79 Å². The summed E-state index contributed by atoms with van der Waals surface area (Å²) in [6.45, 7) is 0.608. The number of esters is 1. The van der Waals surface area contributed by atoms with Crippen LogP contribution in [-0.2, 0) is 16.1 Å². The van der Waals surface area contributed by atoms with Crippen molar-refractivity contribution in [3.63, 3.8) is 0 Å². The van der Waals surface area contributed by atoms with E-state index in [1.54, 1.807) is 35.3 Å². The van der Waals surface area contributed by atoms with Crippen molar-refractivity contribution in [1.29, 1.82) is 0 Å². The largest absolute Gasteiger partial charge is 0.465 e. The molecular formula is C26H21N5O3. The molecule has 0 radical (unpaired) electrons. The van der Waals surface area contributed by atoms with Gasteiger partial charge in [-0.2, -0.15) is 0 Å². The zero-order chi connectivity index (χ0) is 23.5. The number of fused-ring (bicyclic) bond motifs is 1. The Morgan fingerprint density at radius 2 is 1.85 bits per heavy atom. The van der Waals surface area contributed by atoms with Gasteiger partial charge in [-0.25, -0.2) is 9.48 Å². The fraction of sp³-hybridized carbons (Fsp3) is 0.115. The molecule has 1 N–H and O–H groups in total. The third-order valence-corrected chi connectivity index (χ3v) is 5.65. The maximum absolute atomic E-state index is 13.1. The Bertz CT molecular complexity index is 1360. The first-order chi connectivity index (χ1) is 16.6. The van der Waals surface area contributed by atoms with Crippen molar-refractivity contribution in [1.82, 2.24) is 15.0 Å². The first kappa shape index (κ1) is 21.3. The molecule has 1 aromatic heterocycles. The number of nitrogens with zero attached hydrogens (tertiary/aromatic N) is 4. The molecule has 1 atom stereocenters. The number of ether oxygens (including phenoxy) is 1. The number of amides is 1. The molecule has 1 aliphatic rings. The fourth-order valence-corrected chi connectivity index (χ4v) is 4.00. The lowest BCUT2D eigenvalue weighted by atomic mass is 9.90. The first-order valence-corrected chi connectivity index (χ1v) is 10.7. The van der Waals surface area contributed by atoms with Crippen molar-refractivity contribution in [2.45, 2.75) is 12.5 Å². The van der Waals surface area contributed by atoms with Crippen LogP contribution in [0.2, 0.25) is 0 Å². The molecule has 0 fully saturated rings. The van der Waals surface area contributed by atoms with Crippen LogP contribution in [0.1, 0.15) is 33.0 Å². The normalized spacial score (nSPS) is 15.0. The molecule has 8 nitrogen and oxygen atoms in total. The average molecular weight is 451 g/mol. The number of nitrogens with one attached hydrogen (secondary N) is 1. The summed E-state index contributed by atoms with van der Waals surface area (Å²) < 4.78 is 6.55. The molecule has 0 bridgehead atoms. The van der Waals surface area contributed by atoms with E-state index in [9.17, 15) is 9.59 Å². The van der Waals surface area contributed by atoms with E-state index < -0.39 is 11.9 Å². The van der Waals surface area contributed by atoms with Gasteiger partial charge in [0.25, 0.3) is 0 Å². The number of carbonyl (C=O) groups is 2. The Kier molecular flexibility index (Phi) is 5.70. The van der Waals surface area contributed by atoms with E-state index in [0.29, 0.717) is 23.5 Å². The second-order valence-electron chi connectivity index (χ2n) is 7.85. The number of aliphatic imine (C=N–C) groups is 1. The van der Waals surface area contributed by atoms with Crippen LogP contribution < -0.4 is 5.32 Å². The van der Waals surface area contributed by atoms with Gasteiger partial charge in [-0.1, -0.05) is 53.7 Å². The summed E-state index contributed by atoms with van der Waals surface area (Å²) in [5.41, 5.74) is 5.00. The van der Waals surface area contributed by atoms with Crippen molar-refractivity contribution in [3.8, 4) is 0 Å². The fourth-order valence-electron chi connectivity index (χ4n) is 4.00. The molecule has 168 valence electrons. The number of rotatable bonds is 6. The average Bonchev–Trinajstić information content (AvgIpc) is 3.50. The van der Waals surface area contributed by atoms with Gasteiger partial charge in [0.1, 0.15) is 5.92 Å². The lowest BCUT2D eigenvalue weighted by Gasteiger charge is -2.14. The Hall–Kier alpha value is -4.59. The topological polar surface area (TPSA) is 98.5 Å². The summed E-state index contributed by atoms with van der Waals surface area (Å²) in [7, 11) is 1.33. The highest BCUT2D eigenvalue weighted by Gasteiger charge is 2.35. The van der Waals surface area contributed by atoms with Gasteiger partial charge in [0.15, 0.2) is 0 Å². The molecule has 1 aliphatic heterocycles. The highest BCUT2D eigenvalue weighted by molar-refractivity contribution is 6.24. The van der Waals surface area contributed by atoms with Gasteiger partial charge in [0.05, 0.1) is 36.8 Å². The zero-order valence-electron chi connectivity index (χ0n) is 18.4. The van der Waals surface area contributed by atoms with Crippen LogP contribution in [0.25, 0.3) is 0 Å². The standard InChI is InChI=1S/C26H21N5O3/c1-34-26(33)19-9-12-21-22(15-19)29-25(32)23(21)24(18-5-3-2-4-6-18)28-20-10-7-17(8-11-20)16-31-14-13-27-30-31/h2-15,23H,16H2,1H3,(H,29,32). The molecular weight excluding hydrogens is 430 g/mol. The minimum absolute atomic E-state index is 0.192. The van der Waals surface area contributed by atoms with Gasteiger partial charge in [0, 0.05) is 11.9 Å². The van der Waals surface area contributed by atoms with Gasteiger partial charge >= 0.3 is 5.97 Å². The van der Waals surface area contributed by atoms with Crippen molar-refractivity contribution >= 4 is 29.0 Å². The van der Waals surface area contributed by atoms with Crippen LogP contribution in [0.5, 0.6) is 0 Å². The summed E-state index contributed by atoms with van der Waals surface area (Å²) in [4.78, 5) is 29.9. The summed E-state index contributed by atoms with van der Waals surface area (Å²) in [5, 5.41) is 10.7. The molecule has 0 spiro atoms. The highest BCUT2D eigenvalue weighted by atomic mass is 16.5. The van der Waals surface area contributed by atoms with E-state index in [2.05, 4.69) is 15.6 Å². The highest BCUT2D eigenvalue weighted by Crippen LogP contribution is 2.37. The van der Waals surface area contributed by atoms with Gasteiger partial charge in [-0.15, -0.1) is 5.10 Å².